The van der Waals surface area contributed by atoms with E-state index in [1.807, 2.05) is 6.07 Å². The Labute approximate surface area is 83.7 Å². The Morgan fingerprint density at radius 2 is 2.36 bits per heavy atom. The molecule has 3 heteroatoms. The minimum atomic E-state index is 0.417. The Hall–Kier alpha value is -1.09. The predicted octanol–water partition coefficient (Wildman–Crippen LogP) is 1.93. The number of hydrogen-bond donors (Lipinski definition) is 0. The first-order chi connectivity index (χ1) is 6.78. The molecule has 0 aliphatic heterocycles. The summed E-state index contributed by atoms with van der Waals surface area (Å²) in [6.45, 7) is 1.93. The highest BCUT2D eigenvalue weighted by molar-refractivity contribution is 5.70. The third-order valence-corrected chi connectivity index (χ3v) is 2.49. The molecule has 0 unspecified atom stereocenters. The van der Waals surface area contributed by atoms with E-state index in [9.17, 15) is 4.79 Å². The van der Waals surface area contributed by atoms with Crippen molar-refractivity contribution < 1.29 is 9.21 Å². The Morgan fingerprint density at radius 3 is 2.93 bits per heavy atom. The van der Waals surface area contributed by atoms with E-state index in [1.54, 1.807) is 6.07 Å². The van der Waals surface area contributed by atoms with Crippen LogP contribution in [0.2, 0.25) is 0 Å². The summed E-state index contributed by atoms with van der Waals surface area (Å²) in [5, 5.41) is 0. The van der Waals surface area contributed by atoms with E-state index < -0.39 is 0 Å². The van der Waals surface area contributed by atoms with Crippen molar-refractivity contribution in [3.8, 4) is 0 Å². The summed E-state index contributed by atoms with van der Waals surface area (Å²) in [6, 6.07) is 3.58. The Morgan fingerprint density at radius 1 is 1.57 bits per heavy atom. The van der Waals surface area contributed by atoms with Crippen molar-refractivity contribution in [2.24, 2.45) is 5.92 Å². The van der Waals surface area contributed by atoms with E-state index in [-0.39, 0.29) is 0 Å². The zero-order valence-electron chi connectivity index (χ0n) is 8.40. The van der Waals surface area contributed by atoms with Crippen molar-refractivity contribution in [3.63, 3.8) is 0 Å². The maximum atomic E-state index is 10.4. The number of furan rings is 1. The minimum Gasteiger partial charge on any atom is -0.457 e. The number of nitrogens with zero attached hydrogens (tertiary/aromatic N) is 1. The number of carbonyl (C=O) groups excluding carboxylic acids is 1. The Balaban J connectivity index is 1.85. The van der Waals surface area contributed by atoms with Crippen LogP contribution in [0.3, 0.4) is 0 Å². The smallest absolute Gasteiger partial charge is 0.185 e. The topological polar surface area (TPSA) is 33.5 Å². The van der Waals surface area contributed by atoms with Crippen LogP contribution < -0.4 is 0 Å². The van der Waals surface area contributed by atoms with Gasteiger partial charge in [-0.2, -0.15) is 0 Å². The quantitative estimate of drug-likeness (QED) is 0.670. The molecule has 0 atom stereocenters. The summed E-state index contributed by atoms with van der Waals surface area (Å²) in [4.78, 5) is 12.6. The monoisotopic (exact) mass is 193 g/mol. The third-order valence-electron chi connectivity index (χ3n) is 2.49. The van der Waals surface area contributed by atoms with Gasteiger partial charge in [-0.05, 0) is 37.9 Å². The van der Waals surface area contributed by atoms with Crippen LogP contribution in [0.1, 0.15) is 29.2 Å². The van der Waals surface area contributed by atoms with Crippen LogP contribution >= 0.6 is 0 Å². The van der Waals surface area contributed by atoms with Gasteiger partial charge < -0.3 is 4.42 Å². The molecule has 2 rings (SSSR count). The van der Waals surface area contributed by atoms with Gasteiger partial charge in [-0.3, -0.25) is 9.69 Å². The highest BCUT2D eigenvalue weighted by Crippen LogP contribution is 2.29. The van der Waals surface area contributed by atoms with Gasteiger partial charge in [0.1, 0.15) is 5.76 Å². The van der Waals surface area contributed by atoms with Gasteiger partial charge in [0, 0.05) is 6.54 Å². The molecular weight excluding hydrogens is 178 g/mol. The summed E-state index contributed by atoms with van der Waals surface area (Å²) in [5.74, 6) is 2.18. The van der Waals surface area contributed by atoms with Crippen LogP contribution in [-0.4, -0.2) is 24.8 Å². The fourth-order valence-electron chi connectivity index (χ4n) is 1.61. The molecule has 1 aliphatic carbocycles. The van der Waals surface area contributed by atoms with E-state index in [0.717, 1.165) is 31.1 Å². The van der Waals surface area contributed by atoms with Crippen molar-refractivity contribution >= 4 is 6.29 Å². The first-order valence-electron chi connectivity index (χ1n) is 5.00. The molecule has 76 valence electrons. The fourth-order valence-corrected chi connectivity index (χ4v) is 1.61. The van der Waals surface area contributed by atoms with Gasteiger partial charge in [-0.25, -0.2) is 0 Å². The molecule has 3 nitrogen and oxygen atoms in total. The van der Waals surface area contributed by atoms with Gasteiger partial charge in [-0.1, -0.05) is 0 Å². The molecule has 14 heavy (non-hydrogen) atoms. The molecule has 1 aromatic heterocycles. The molecule has 0 spiro atoms. The zero-order valence-corrected chi connectivity index (χ0v) is 8.40. The second-order valence-electron chi connectivity index (χ2n) is 4.06. The fraction of sp³-hybridized carbons (Fsp3) is 0.545. The van der Waals surface area contributed by atoms with E-state index in [0.29, 0.717) is 5.76 Å². The second-order valence-corrected chi connectivity index (χ2v) is 4.06. The lowest BCUT2D eigenvalue weighted by atomic mass is 10.3. The maximum absolute atomic E-state index is 10.4. The molecule has 0 N–H and O–H groups in total. The highest BCUT2D eigenvalue weighted by atomic mass is 16.3. The Kier molecular flexibility index (Phi) is 2.68. The van der Waals surface area contributed by atoms with Crippen LogP contribution in [0.4, 0.5) is 0 Å². The molecule has 0 saturated heterocycles. The lowest BCUT2D eigenvalue weighted by Gasteiger charge is -2.13. The van der Waals surface area contributed by atoms with Gasteiger partial charge in [0.2, 0.25) is 0 Å². The third kappa shape index (κ3) is 2.45. The SMILES string of the molecule is CN(Cc1ccc(C=O)o1)CC1CC1. The first kappa shape index (κ1) is 9.46. The van der Waals surface area contributed by atoms with Gasteiger partial charge >= 0.3 is 0 Å². The lowest BCUT2D eigenvalue weighted by Crippen LogP contribution is -2.19. The van der Waals surface area contributed by atoms with Crippen molar-refractivity contribution in [2.45, 2.75) is 19.4 Å². The van der Waals surface area contributed by atoms with Gasteiger partial charge in [0.05, 0.1) is 6.54 Å². The molecule has 1 fully saturated rings. The van der Waals surface area contributed by atoms with Crippen molar-refractivity contribution in [1.29, 1.82) is 0 Å². The van der Waals surface area contributed by atoms with E-state index in [4.69, 9.17) is 4.42 Å². The summed E-state index contributed by atoms with van der Waals surface area (Å²) >= 11 is 0. The number of aldehydes is 1. The second kappa shape index (κ2) is 3.96. The van der Waals surface area contributed by atoms with Gasteiger partial charge in [-0.15, -0.1) is 0 Å². The van der Waals surface area contributed by atoms with Gasteiger partial charge in [0.15, 0.2) is 12.0 Å². The standard InChI is InChI=1S/C11H15NO2/c1-12(6-9-2-3-9)7-10-4-5-11(8-13)14-10/h4-5,8-9H,2-3,6-7H2,1H3. The molecule has 1 heterocycles. The summed E-state index contributed by atoms with van der Waals surface area (Å²) in [7, 11) is 2.08. The number of carbonyl (C=O) groups is 1. The summed E-state index contributed by atoms with van der Waals surface area (Å²) < 4.78 is 5.30. The van der Waals surface area contributed by atoms with Crippen molar-refractivity contribution in [1.82, 2.24) is 4.90 Å². The highest BCUT2D eigenvalue weighted by Gasteiger charge is 2.22. The molecule has 0 radical (unpaired) electrons. The zero-order chi connectivity index (χ0) is 9.97. The average molecular weight is 193 g/mol. The molecule has 1 saturated carbocycles. The van der Waals surface area contributed by atoms with Crippen molar-refractivity contribution in [2.75, 3.05) is 13.6 Å². The largest absolute Gasteiger partial charge is 0.457 e. The number of rotatable bonds is 5. The normalized spacial score (nSPS) is 16.1. The molecule has 0 bridgehead atoms. The van der Waals surface area contributed by atoms with E-state index in [1.165, 1.54) is 12.8 Å². The van der Waals surface area contributed by atoms with Crippen LogP contribution in [0.25, 0.3) is 0 Å². The van der Waals surface area contributed by atoms with Crippen LogP contribution in [0.15, 0.2) is 16.5 Å². The first-order valence-corrected chi connectivity index (χ1v) is 5.00. The lowest BCUT2D eigenvalue weighted by molar-refractivity contribution is 0.109. The molecule has 0 amide bonds. The molecule has 1 aliphatic rings. The number of hydrogen-bond acceptors (Lipinski definition) is 3. The van der Waals surface area contributed by atoms with Crippen LogP contribution in [0, 0.1) is 5.92 Å². The molecule has 1 aromatic rings. The predicted molar refractivity (Wildman–Crippen MR) is 53.2 cm³/mol. The summed E-state index contributed by atoms with van der Waals surface area (Å²) in [6.07, 6.45) is 3.47. The minimum absolute atomic E-state index is 0.417. The average Bonchev–Trinajstić information content (AvgIpc) is 2.83. The molecular formula is C11H15NO2. The summed E-state index contributed by atoms with van der Waals surface area (Å²) in [5.41, 5.74) is 0. The van der Waals surface area contributed by atoms with Crippen LogP contribution in [0.5, 0.6) is 0 Å². The van der Waals surface area contributed by atoms with Gasteiger partial charge in [0.25, 0.3) is 0 Å². The maximum Gasteiger partial charge on any atom is 0.185 e. The Bertz CT molecular complexity index is 315. The van der Waals surface area contributed by atoms with Crippen LogP contribution in [-0.2, 0) is 6.54 Å². The molecule has 0 aromatic carbocycles. The van der Waals surface area contributed by atoms with E-state index in [2.05, 4.69) is 11.9 Å². The van der Waals surface area contributed by atoms with Crippen molar-refractivity contribution in [3.05, 3.63) is 23.7 Å². The van der Waals surface area contributed by atoms with E-state index >= 15 is 0 Å².